The van der Waals surface area contributed by atoms with Gasteiger partial charge in [0, 0.05) is 10.6 Å². The quantitative estimate of drug-likeness (QED) is 0.175. The fraction of sp³-hybridized carbons (Fsp3) is 0.179. The third-order valence-electron chi connectivity index (χ3n) is 6.36. The number of anilines is 1. The zero-order valence-electron chi connectivity index (χ0n) is 21.4. The van der Waals surface area contributed by atoms with Crippen LogP contribution in [-0.4, -0.2) is 50.2 Å². The Morgan fingerprint density at radius 3 is 2.18 bits per heavy atom. The van der Waals surface area contributed by atoms with E-state index < -0.39 is 17.7 Å². The number of hydrogen-bond acceptors (Lipinski definition) is 9. The van der Waals surface area contributed by atoms with Gasteiger partial charge in [-0.25, -0.2) is 4.98 Å². The minimum atomic E-state index is -1.06. The number of ketones is 1. The number of rotatable bonds is 7. The molecule has 0 radical (unpaired) electrons. The molecule has 1 saturated heterocycles. The van der Waals surface area contributed by atoms with E-state index in [4.69, 9.17) is 30.5 Å². The number of methoxy groups -OCH3 is 4. The summed E-state index contributed by atoms with van der Waals surface area (Å²) >= 11 is 7.25. The number of Topliss-reactive ketones (excluding diaryl/α,β-unsaturated/α-hetero) is 1. The van der Waals surface area contributed by atoms with E-state index in [1.165, 1.54) is 37.6 Å². The van der Waals surface area contributed by atoms with Crippen LogP contribution in [0.25, 0.3) is 16.0 Å². The van der Waals surface area contributed by atoms with Crippen LogP contribution in [0.5, 0.6) is 23.0 Å². The number of aromatic nitrogens is 1. The summed E-state index contributed by atoms with van der Waals surface area (Å²) in [6.45, 7) is 0. The number of hydrogen-bond donors (Lipinski definition) is 1. The molecule has 3 aromatic carbocycles. The van der Waals surface area contributed by atoms with E-state index in [0.717, 1.165) is 4.70 Å². The highest BCUT2D eigenvalue weighted by atomic mass is 35.5. The molecule has 1 atom stereocenters. The molecule has 39 heavy (non-hydrogen) atoms. The first-order valence-electron chi connectivity index (χ1n) is 11.6. The summed E-state index contributed by atoms with van der Waals surface area (Å²) in [5.74, 6) is -0.451. The Morgan fingerprint density at radius 2 is 1.59 bits per heavy atom. The van der Waals surface area contributed by atoms with E-state index in [1.54, 1.807) is 61.7 Å². The van der Waals surface area contributed by atoms with E-state index in [-0.39, 0.29) is 16.5 Å². The highest BCUT2D eigenvalue weighted by Crippen LogP contribution is 2.48. The first kappa shape index (κ1) is 26.3. The van der Waals surface area contributed by atoms with Crippen LogP contribution < -0.4 is 23.8 Å². The summed E-state index contributed by atoms with van der Waals surface area (Å²) in [5.41, 5.74) is 1.27. The Kier molecular flexibility index (Phi) is 7.07. The molecular weight excluding hydrogens is 544 g/mol. The Labute approximate surface area is 232 Å². The number of fused-ring (bicyclic) bond motifs is 1. The minimum absolute atomic E-state index is 0.117. The molecule has 1 aromatic heterocycles. The van der Waals surface area contributed by atoms with Crippen LogP contribution in [0.4, 0.5) is 5.13 Å². The van der Waals surface area contributed by atoms with Gasteiger partial charge in [0.15, 0.2) is 16.6 Å². The standard InChI is InChI=1S/C28H23ClN2O7S/c1-35-17-9-10-18-21(13-17)39-28(30-18)31-23(15-11-19(36-2)26(38-4)20(12-15)37-3)22(25(33)27(31)34)24(32)14-5-7-16(29)8-6-14/h5-13,23,32H,1-4H3. The lowest BCUT2D eigenvalue weighted by Crippen LogP contribution is -2.29. The zero-order chi connectivity index (χ0) is 27.8. The van der Waals surface area contributed by atoms with Crippen LogP contribution in [0.1, 0.15) is 17.2 Å². The Bertz CT molecular complexity index is 1610. The van der Waals surface area contributed by atoms with Crippen molar-refractivity contribution in [1.82, 2.24) is 4.98 Å². The first-order chi connectivity index (χ1) is 18.8. The molecule has 11 heteroatoms. The number of carbonyl (C=O) groups is 2. The van der Waals surface area contributed by atoms with Crippen LogP contribution in [0, 0.1) is 0 Å². The molecule has 2 heterocycles. The molecule has 1 fully saturated rings. The van der Waals surface area contributed by atoms with E-state index in [2.05, 4.69) is 4.98 Å². The molecule has 1 aliphatic rings. The molecule has 0 bridgehead atoms. The highest BCUT2D eigenvalue weighted by molar-refractivity contribution is 7.22. The molecule has 5 rings (SSSR count). The Hall–Kier alpha value is -4.28. The second-order valence-electron chi connectivity index (χ2n) is 8.46. The van der Waals surface area contributed by atoms with Crippen molar-refractivity contribution in [2.45, 2.75) is 6.04 Å². The van der Waals surface area contributed by atoms with Gasteiger partial charge >= 0.3 is 5.91 Å². The van der Waals surface area contributed by atoms with Crippen molar-refractivity contribution >= 4 is 55.7 Å². The Balaban J connectivity index is 1.77. The summed E-state index contributed by atoms with van der Waals surface area (Å²) < 4.78 is 22.6. The average Bonchev–Trinajstić information content (AvgIpc) is 3.49. The SMILES string of the molecule is COc1ccc2nc(N3C(=O)C(=O)C(=C(O)c4ccc(Cl)cc4)C3c3cc(OC)c(OC)c(OC)c3)sc2c1. The molecular formula is C28H23ClN2O7S. The van der Waals surface area contributed by atoms with Crippen molar-refractivity contribution in [3.63, 3.8) is 0 Å². The number of amides is 1. The highest BCUT2D eigenvalue weighted by Gasteiger charge is 2.48. The van der Waals surface area contributed by atoms with Gasteiger partial charge in [-0.15, -0.1) is 0 Å². The largest absolute Gasteiger partial charge is 0.507 e. The molecule has 4 aromatic rings. The third kappa shape index (κ3) is 4.51. The lowest BCUT2D eigenvalue weighted by atomic mass is 9.95. The van der Waals surface area contributed by atoms with E-state index in [1.807, 2.05) is 0 Å². The molecule has 9 nitrogen and oxygen atoms in total. The van der Waals surface area contributed by atoms with Crippen molar-refractivity contribution in [2.24, 2.45) is 0 Å². The van der Waals surface area contributed by atoms with Gasteiger partial charge in [0.25, 0.3) is 5.78 Å². The van der Waals surface area contributed by atoms with E-state index in [0.29, 0.717) is 44.7 Å². The molecule has 200 valence electrons. The van der Waals surface area contributed by atoms with Gasteiger partial charge in [0.1, 0.15) is 11.5 Å². The second kappa shape index (κ2) is 10.5. The lowest BCUT2D eigenvalue weighted by Gasteiger charge is -2.24. The number of thiazole rings is 1. The number of benzene rings is 3. The maximum Gasteiger partial charge on any atom is 0.301 e. The Morgan fingerprint density at radius 1 is 0.923 bits per heavy atom. The number of aliphatic hydroxyl groups is 1. The summed E-state index contributed by atoms with van der Waals surface area (Å²) in [6, 6.07) is 13.9. The van der Waals surface area contributed by atoms with Gasteiger partial charge in [0.2, 0.25) is 5.75 Å². The number of nitrogens with zero attached hydrogens (tertiary/aromatic N) is 2. The van der Waals surface area contributed by atoms with Crippen LogP contribution in [0.2, 0.25) is 5.02 Å². The summed E-state index contributed by atoms with van der Waals surface area (Å²) in [5, 5.41) is 12.1. The number of carbonyl (C=O) groups excluding carboxylic acids is 2. The van der Waals surface area contributed by atoms with Gasteiger partial charge in [-0.05, 0) is 60.2 Å². The van der Waals surface area contributed by atoms with E-state index in [9.17, 15) is 14.7 Å². The summed E-state index contributed by atoms with van der Waals surface area (Å²) in [4.78, 5) is 33.0. The maximum absolute atomic E-state index is 13.6. The smallest absolute Gasteiger partial charge is 0.301 e. The molecule has 1 amide bonds. The van der Waals surface area contributed by atoms with Gasteiger partial charge in [-0.2, -0.15) is 0 Å². The van der Waals surface area contributed by atoms with Crippen LogP contribution in [0.3, 0.4) is 0 Å². The fourth-order valence-corrected chi connectivity index (χ4v) is 5.64. The number of ether oxygens (including phenoxy) is 4. The summed E-state index contributed by atoms with van der Waals surface area (Å²) in [6.07, 6.45) is 0. The predicted octanol–water partition coefficient (Wildman–Crippen LogP) is 5.61. The van der Waals surface area contributed by atoms with Gasteiger partial charge < -0.3 is 24.1 Å². The van der Waals surface area contributed by atoms with Gasteiger partial charge in [-0.1, -0.05) is 22.9 Å². The van der Waals surface area contributed by atoms with Crippen molar-refractivity contribution in [3.05, 3.63) is 76.3 Å². The zero-order valence-corrected chi connectivity index (χ0v) is 22.9. The molecule has 0 saturated carbocycles. The normalized spacial score (nSPS) is 16.5. The van der Waals surface area contributed by atoms with Crippen LogP contribution in [0.15, 0.2) is 60.2 Å². The predicted molar refractivity (Wildman–Crippen MR) is 149 cm³/mol. The van der Waals surface area contributed by atoms with Gasteiger partial charge in [0.05, 0.1) is 50.3 Å². The van der Waals surface area contributed by atoms with Crippen molar-refractivity contribution in [1.29, 1.82) is 0 Å². The lowest BCUT2D eigenvalue weighted by molar-refractivity contribution is -0.132. The molecule has 0 spiro atoms. The van der Waals surface area contributed by atoms with Crippen LogP contribution in [-0.2, 0) is 9.59 Å². The fourth-order valence-electron chi connectivity index (χ4n) is 4.49. The van der Waals surface area contributed by atoms with Crippen LogP contribution >= 0.6 is 22.9 Å². The maximum atomic E-state index is 13.6. The van der Waals surface area contributed by atoms with E-state index >= 15 is 0 Å². The number of halogens is 1. The number of aliphatic hydroxyl groups excluding tert-OH is 1. The van der Waals surface area contributed by atoms with Crippen molar-refractivity contribution in [3.8, 4) is 23.0 Å². The molecule has 1 N–H and O–H groups in total. The molecule has 0 aliphatic carbocycles. The second-order valence-corrected chi connectivity index (χ2v) is 9.91. The minimum Gasteiger partial charge on any atom is -0.507 e. The monoisotopic (exact) mass is 566 g/mol. The van der Waals surface area contributed by atoms with Crippen molar-refractivity contribution in [2.75, 3.05) is 33.3 Å². The van der Waals surface area contributed by atoms with Crippen molar-refractivity contribution < 1.29 is 33.6 Å². The topological polar surface area (TPSA) is 107 Å². The first-order valence-corrected chi connectivity index (χ1v) is 12.8. The average molecular weight is 567 g/mol. The molecule has 1 unspecified atom stereocenters. The third-order valence-corrected chi connectivity index (χ3v) is 7.62. The molecule has 1 aliphatic heterocycles. The summed E-state index contributed by atoms with van der Waals surface area (Å²) in [7, 11) is 5.96. The van der Waals surface area contributed by atoms with Gasteiger partial charge in [-0.3, -0.25) is 14.5 Å².